The highest BCUT2D eigenvalue weighted by Crippen LogP contribution is 2.38. The zero-order valence-corrected chi connectivity index (χ0v) is 41.6. The van der Waals surface area contributed by atoms with Crippen LogP contribution in [0.2, 0.25) is 0 Å². The first-order chi connectivity index (χ1) is 31.3. The Hall–Kier alpha value is -3.37. The first kappa shape index (κ1) is 55.2. The molecule has 3 N–H and O–H groups in total. The van der Waals surface area contributed by atoms with Crippen molar-refractivity contribution >= 4 is 29.2 Å². The molecule has 0 aromatic heterocycles. The van der Waals surface area contributed by atoms with Crippen LogP contribution >= 0.6 is 0 Å². The number of aliphatic hydroxyl groups is 3. The van der Waals surface area contributed by atoms with Crippen molar-refractivity contribution in [3.05, 3.63) is 47.6 Å². The molecule has 3 heterocycles. The number of ketones is 2. The van der Waals surface area contributed by atoms with Gasteiger partial charge in [0.05, 0.1) is 24.4 Å². The molecule has 372 valence electrons. The lowest BCUT2D eigenvalue weighted by atomic mass is 9.78. The van der Waals surface area contributed by atoms with Crippen LogP contribution in [0, 0.1) is 35.5 Å². The summed E-state index contributed by atoms with van der Waals surface area (Å²) in [5, 5.41) is 34.2. The van der Waals surface area contributed by atoms with E-state index in [1.807, 2.05) is 38.2 Å². The standard InChI is InChI=1S/C52H82N2O12/c1-31-17-13-12-14-18-32(2)43(62-9)29-39-22-20-37(7)52(61,66-39)49(58)50(59)54-24-16-15-19-40(54)51(60)65-44(34(4)27-38-21-23-41(55)45(28-38)63-10)30-42(56)33(3)26-36(6)47(57)48(64-11)46(53-8)35(5)25-31/h12-14,17-18,26,31,33-35,37-41,43-45,47-48,55,57,61H,15-16,19-25,27-30H2,1-11H3/b14-12+,17-13+,32-18+,36-26+,53-46+/t31-,33-,34-,35-,37-,38+,39+,40+,41-,43+,44+,45-,47-,48+,52-/m1/s1. The number of hydrogen-bond donors (Lipinski definition) is 3. The minimum atomic E-state index is -2.42. The van der Waals surface area contributed by atoms with Crippen LogP contribution in [0.25, 0.3) is 0 Å². The second-order valence-electron chi connectivity index (χ2n) is 19.8. The van der Waals surface area contributed by atoms with Crippen molar-refractivity contribution in [2.45, 2.75) is 180 Å². The molecule has 4 aliphatic rings. The van der Waals surface area contributed by atoms with Gasteiger partial charge in [0, 0.05) is 65.3 Å². The van der Waals surface area contributed by atoms with Crippen molar-refractivity contribution in [3.63, 3.8) is 0 Å². The molecule has 1 amide bonds. The van der Waals surface area contributed by atoms with Gasteiger partial charge in [-0.3, -0.25) is 19.4 Å². The van der Waals surface area contributed by atoms with Crippen molar-refractivity contribution in [1.29, 1.82) is 0 Å². The maximum atomic E-state index is 14.4. The van der Waals surface area contributed by atoms with Gasteiger partial charge in [-0.25, -0.2) is 4.79 Å². The number of esters is 1. The fourth-order valence-electron chi connectivity index (χ4n) is 10.5. The number of cyclic esters (lactones) is 1. The molecule has 3 fully saturated rings. The van der Waals surface area contributed by atoms with E-state index in [1.54, 1.807) is 48.1 Å². The summed E-state index contributed by atoms with van der Waals surface area (Å²) in [6, 6.07) is -1.12. The number of rotatable bonds is 6. The predicted molar refractivity (Wildman–Crippen MR) is 253 cm³/mol. The quantitative estimate of drug-likeness (QED) is 0.146. The molecule has 0 aromatic carbocycles. The summed E-state index contributed by atoms with van der Waals surface area (Å²) in [6.45, 7) is 13.4. The third kappa shape index (κ3) is 14.3. The van der Waals surface area contributed by atoms with E-state index in [-0.39, 0.29) is 54.9 Å². The minimum Gasteiger partial charge on any atom is -0.460 e. The Labute approximate surface area is 394 Å². The van der Waals surface area contributed by atoms with E-state index >= 15 is 0 Å². The topological polar surface area (TPSA) is 191 Å². The molecule has 3 aliphatic heterocycles. The van der Waals surface area contributed by atoms with Gasteiger partial charge < -0.3 is 43.9 Å². The predicted octanol–water partition coefficient (Wildman–Crippen LogP) is 6.68. The number of hydrogen-bond acceptors (Lipinski definition) is 13. The number of amides is 1. The Morgan fingerprint density at radius 3 is 2.27 bits per heavy atom. The number of aliphatic hydroxyl groups excluding tert-OH is 2. The Morgan fingerprint density at radius 2 is 1.61 bits per heavy atom. The van der Waals surface area contributed by atoms with Gasteiger partial charge >= 0.3 is 5.97 Å². The summed E-state index contributed by atoms with van der Waals surface area (Å²) in [7, 11) is 6.41. The van der Waals surface area contributed by atoms with Crippen LogP contribution in [-0.4, -0.2) is 139 Å². The highest BCUT2D eigenvalue weighted by Gasteiger charge is 2.53. The Morgan fingerprint density at radius 1 is 0.879 bits per heavy atom. The van der Waals surface area contributed by atoms with Crippen molar-refractivity contribution in [1.82, 2.24) is 4.90 Å². The number of fused-ring (bicyclic) bond motifs is 3. The molecule has 15 atom stereocenters. The number of nitrogens with zero attached hydrogens (tertiary/aromatic N) is 2. The van der Waals surface area contributed by atoms with Crippen LogP contribution in [0.5, 0.6) is 0 Å². The molecule has 0 radical (unpaired) electrons. The van der Waals surface area contributed by atoms with E-state index in [0.29, 0.717) is 62.7 Å². The van der Waals surface area contributed by atoms with E-state index in [2.05, 4.69) is 24.9 Å². The van der Waals surface area contributed by atoms with Crippen molar-refractivity contribution < 1.29 is 58.2 Å². The average Bonchev–Trinajstić information content (AvgIpc) is 3.29. The molecule has 4 rings (SSSR count). The fraction of sp³-hybridized carbons (Fsp3) is 0.750. The van der Waals surface area contributed by atoms with E-state index in [4.69, 9.17) is 23.7 Å². The fourth-order valence-corrected chi connectivity index (χ4v) is 10.5. The summed E-state index contributed by atoms with van der Waals surface area (Å²) in [5.41, 5.74) is 2.16. The number of aliphatic imine (C=N–C) groups is 1. The second kappa shape index (κ2) is 25.8. The van der Waals surface area contributed by atoms with E-state index in [9.17, 15) is 34.5 Å². The second-order valence-corrected chi connectivity index (χ2v) is 19.8. The van der Waals surface area contributed by atoms with Crippen molar-refractivity contribution in [2.75, 3.05) is 34.9 Å². The number of piperidine rings is 1. The average molecular weight is 927 g/mol. The summed E-state index contributed by atoms with van der Waals surface area (Å²) in [5.74, 6) is -6.90. The number of allylic oxidation sites excluding steroid dienone is 6. The van der Waals surface area contributed by atoms with E-state index in [0.717, 1.165) is 18.4 Å². The molecule has 0 spiro atoms. The van der Waals surface area contributed by atoms with Crippen molar-refractivity contribution in [2.24, 2.45) is 40.5 Å². The largest absolute Gasteiger partial charge is 0.460 e. The van der Waals surface area contributed by atoms with Crippen molar-refractivity contribution in [3.8, 4) is 0 Å². The normalized spacial score (nSPS) is 40.6. The molecule has 14 nitrogen and oxygen atoms in total. The molecule has 0 aromatic rings. The number of ether oxygens (including phenoxy) is 5. The maximum absolute atomic E-state index is 14.4. The van der Waals surface area contributed by atoms with Gasteiger partial charge in [0.15, 0.2) is 0 Å². The van der Waals surface area contributed by atoms with Gasteiger partial charge in [0.25, 0.3) is 11.7 Å². The van der Waals surface area contributed by atoms with Crippen LogP contribution in [0.4, 0.5) is 0 Å². The molecular weight excluding hydrogens is 845 g/mol. The number of carbonyl (C=O) groups is 4. The van der Waals surface area contributed by atoms with Gasteiger partial charge in [0.1, 0.15) is 30.1 Å². The van der Waals surface area contributed by atoms with Crippen LogP contribution < -0.4 is 0 Å². The molecule has 1 saturated carbocycles. The molecule has 2 bridgehead atoms. The van der Waals surface area contributed by atoms with Crippen LogP contribution in [0.1, 0.15) is 126 Å². The molecule has 14 heteroatoms. The molecule has 66 heavy (non-hydrogen) atoms. The van der Waals surface area contributed by atoms with Crippen LogP contribution in [0.15, 0.2) is 52.6 Å². The first-order valence-corrected chi connectivity index (χ1v) is 24.4. The Balaban J connectivity index is 1.72. The van der Waals surface area contributed by atoms with E-state index < -0.39 is 77.9 Å². The summed E-state index contributed by atoms with van der Waals surface area (Å²) >= 11 is 0. The highest BCUT2D eigenvalue weighted by atomic mass is 16.6. The monoisotopic (exact) mass is 927 g/mol. The highest BCUT2D eigenvalue weighted by molar-refractivity contribution is 6.39. The van der Waals surface area contributed by atoms with Gasteiger partial charge in [-0.05, 0) is 113 Å². The molecule has 2 saturated heterocycles. The number of methoxy groups -OCH3 is 3. The lowest BCUT2D eigenvalue weighted by Crippen LogP contribution is -2.61. The summed E-state index contributed by atoms with van der Waals surface area (Å²) in [6.07, 6.45) is 12.8. The smallest absolute Gasteiger partial charge is 0.329 e. The number of Topliss-reactive ketones (excluding diaryl/α,β-unsaturated/α-hetero) is 2. The third-order valence-corrected chi connectivity index (χ3v) is 14.8. The lowest BCUT2D eigenvalue weighted by Gasteiger charge is -2.42. The summed E-state index contributed by atoms with van der Waals surface area (Å²) in [4.78, 5) is 62.9. The maximum Gasteiger partial charge on any atom is 0.329 e. The molecule has 0 unspecified atom stereocenters. The Kier molecular flexibility index (Phi) is 21.6. The van der Waals surface area contributed by atoms with Gasteiger partial charge in [0.2, 0.25) is 5.79 Å². The minimum absolute atomic E-state index is 0.0393. The summed E-state index contributed by atoms with van der Waals surface area (Å²) < 4.78 is 29.8. The van der Waals surface area contributed by atoms with Crippen LogP contribution in [-0.2, 0) is 42.9 Å². The van der Waals surface area contributed by atoms with Gasteiger partial charge in [-0.2, -0.15) is 0 Å². The molecule has 1 aliphatic carbocycles. The lowest BCUT2D eigenvalue weighted by molar-refractivity contribution is -0.265. The molecular formula is C52H82N2O12. The zero-order chi connectivity index (χ0) is 48.9. The van der Waals surface area contributed by atoms with Crippen LogP contribution in [0.3, 0.4) is 0 Å². The first-order valence-electron chi connectivity index (χ1n) is 24.4. The third-order valence-electron chi connectivity index (χ3n) is 14.8. The van der Waals surface area contributed by atoms with Gasteiger partial charge in [-0.1, -0.05) is 71.1 Å². The van der Waals surface area contributed by atoms with Gasteiger partial charge in [-0.15, -0.1) is 0 Å². The zero-order valence-electron chi connectivity index (χ0n) is 41.6. The van der Waals surface area contributed by atoms with E-state index in [1.165, 1.54) is 12.0 Å². The number of carbonyl (C=O) groups excluding carboxylic acids is 4. The Bertz CT molecular complexity index is 1790. The SMILES string of the molecule is C/N=C1\[C@H](C)C[C@H](C)/C=C/C=C/C=C(\C)[C@@H](OC)C[C@@H]2CC[C@@H](C)[C@@](O)(O2)C(=O)C(=O)N2CCCC[C@H]2C(=O)O[C@H]([C@H](C)C[C@@H]2CC[C@@H](O)[C@H](OC)C2)CC(=O)[C@H](C)/C=C(\C)[C@@H](O)[C@H]1OC.